The Balaban J connectivity index is 1.90. The summed E-state index contributed by atoms with van der Waals surface area (Å²) in [4.78, 5) is 27.9. The predicted molar refractivity (Wildman–Crippen MR) is 102 cm³/mol. The molecule has 0 radical (unpaired) electrons. The first-order valence-electron chi connectivity index (χ1n) is 8.92. The maximum Gasteiger partial charge on any atom is 0.338 e. The second kappa shape index (κ2) is 10.2. The topological polar surface area (TPSA) is 80.3 Å². The number of carbonyl (C=O) groups excluding carboxylic acids is 2. The molecule has 6 heteroatoms. The number of aromatic nitrogens is 1. The van der Waals surface area contributed by atoms with E-state index < -0.39 is 0 Å². The van der Waals surface area contributed by atoms with Gasteiger partial charge in [-0.2, -0.15) is 0 Å². The number of unbranched alkanes of at least 4 members (excludes halogenated alkanes) is 2. The number of hydrogen-bond donors (Lipinski definition) is 2. The molecule has 0 aliphatic heterocycles. The van der Waals surface area contributed by atoms with Crippen molar-refractivity contribution < 1.29 is 14.3 Å². The van der Waals surface area contributed by atoms with Gasteiger partial charge in [-0.25, -0.2) is 9.78 Å². The first-order valence-corrected chi connectivity index (χ1v) is 8.92. The molecule has 1 amide bonds. The van der Waals surface area contributed by atoms with E-state index in [1.54, 1.807) is 49.5 Å². The van der Waals surface area contributed by atoms with Gasteiger partial charge in [-0.1, -0.05) is 19.8 Å². The van der Waals surface area contributed by atoms with Crippen molar-refractivity contribution in [3.05, 3.63) is 53.7 Å². The third-order valence-electron chi connectivity index (χ3n) is 3.76. The van der Waals surface area contributed by atoms with Gasteiger partial charge in [0.25, 0.3) is 5.91 Å². The molecule has 1 aromatic heterocycles. The Kier molecular flexibility index (Phi) is 7.61. The van der Waals surface area contributed by atoms with E-state index in [9.17, 15) is 9.59 Å². The van der Waals surface area contributed by atoms with Gasteiger partial charge in [0, 0.05) is 18.4 Å². The maximum atomic E-state index is 12.0. The van der Waals surface area contributed by atoms with Crippen LogP contribution in [0.1, 0.15) is 53.8 Å². The molecule has 0 saturated carbocycles. The van der Waals surface area contributed by atoms with E-state index in [0.29, 0.717) is 30.1 Å². The smallest absolute Gasteiger partial charge is 0.338 e. The second-order valence-electron chi connectivity index (χ2n) is 5.82. The minimum atomic E-state index is -0.341. The zero-order chi connectivity index (χ0) is 18.8. The lowest BCUT2D eigenvalue weighted by molar-refractivity contribution is 0.0526. The molecule has 0 aliphatic carbocycles. The monoisotopic (exact) mass is 355 g/mol. The van der Waals surface area contributed by atoms with Crippen molar-refractivity contribution >= 4 is 23.4 Å². The van der Waals surface area contributed by atoms with E-state index in [1.807, 2.05) is 0 Å². The Hall–Kier alpha value is -2.89. The standard InChI is InChI=1S/C20H25N3O3/c1-3-5-6-13-21-19(24)16-9-12-18(22-14-16)23-17-10-7-15(8-11-17)20(25)26-4-2/h7-12,14H,3-6,13H2,1-2H3,(H,21,24)(H,22,23). The SMILES string of the molecule is CCCCCNC(=O)c1ccc(Nc2ccc(C(=O)OCC)cc2)nc1. The summed E-state index contributed by atoms with van der Waals surface area (Å²) in [6.45, 7) is 4.93. The number of pyridine rings is 1. The number of ether oxygens (including phenoxy) is 1. The summed E-state index contributed by atoms with van der Waals surface area (Å²) < 4.78 is 4.95. The number of carbonyl (C=O) groups is 2. The van der Waals surface area contributed by atoms with Crippen LogP contribution in [0.3, 0.4) is 0 Å². The number of anilines is 2. The van der Waals surface area contributed by atoms with E-state index in [0.717, 1.165) is 24.9 Å². The van der Waals surface area contributed by atoms with Crippen molar-refractivity contribution in [1.82, 2.24) is 10.3 Å². The molecular weight excluding hydrogens is 330 g/mol. The first-order chi connectivity index (χ1) is 12.6. The van der Waals surface area contributed by atoms with Gasteiger partial charge in [0.1, 0.15) is 5.82 Å². The maximum absolute atomic E-state index is 12.0. The molecule has 1 heterocycles. The zero-order valence-electron chi connectivity index (χ0n) is 15.2. The van der Waals surface area contributed by atoms with Crippen molar-refractivity contribution in [2.45, 2.75) is 33.1 Å². The van der Waals surface area contributed by atoms with Crippen LogP contribution in [0.25, 0.3) is 0 Å². The summed E-state index contributed by atoms with van der Waals surface area (Å²) in [6, 6.07) is 10.4. The molecule has 0 aliphatic rings. The van der Waals surface area contributed by atoms with Gasteiger partial charge in [0.15, 0.2) is 0 Å². The van der Waals surface area contributed by atoms with Gasteiger partial charge in [0.2, 0.25) is 0 Å². The average Bonchev–Trinajstić information content (AvgIpc) is 2.66. The van der Waals surface area contributed by atoms with Crippen LogP contribution in [-0.2, 0) is 4.74 Å². The highest BCUT2D eigenvalue weighted by atomic mass is 16.5. The third kappa shape index (κ3) is 5.88. The molecule has 2 N–H and O–H groups in total. The number of rotatable bonds is 9. The van der Waals surface area contributed by atoms with Crippen molar-refractivity contribution in [2.24, 2.45) is 0 Å². The van der Waals surface area contributed by atoms with Gasteiger partial charge in [-0.15, -0.1) is 0 Å². The number of benzene rings is 1. The van der Waals surface area contributed by atoms with Crippen LogP contribution in [0, 0.1) is 0 Å². The quantitative estimate of drug-likeness (QED) is 0.526. The highest BCUT2D eigenvalue weighted by Gasteiger charge is 2.07. The number of amides is 1. The predicted octanol–water partition coefficient (Wildman–Crippen LogP) is 3.92. The molecule has 0 bridgehead atoms. The Labute approximate surface area is 154 Å². The van der Waals surface area contributed by atoms with Gasteiger partial charge in [-0.05, 0) is 49.7 Å². The van der Waals surface area contributed by atoms with Crippen LogP contribution >= 0.6 is 0 Å². The number of hydrogen-bond acceptors (Lipinski definition) is 5. The highest BCUT2D eigenvalue weighted by molar-refractivity contribution is 5.94. The summed E-state index contributed by atoms with van der Waals surface area (Å²) in [5, 5.41) is 6.02. The van der Waals surface area contributed by atoms with Crippen molar-refractivity contribution in [2.75, 3.05) is 18.5 Å². The zero-order valence-corrected chi connectivity index (χ0v) is 15.2. The van der Waals surface area contributed by atoms with Crippen LogP contribution in [0.15, 0.2) is 42.6 Å². The van der Waals surface area contributed by atoms with Crippen molar-refractivity contribution in [1.29, 1.82) is 0 Å². The molecule has 0 fully saturated rings. The molecular formula is C20H25N3O3. The van der Waals surface area contributed by atoms with E-state index in [4.69, 9.17) is 4.74 Å². The fourth-order valence-corrected chi connectivity index (χ4v) is 2.33. The van der Waals surface area contributed by atoms with Gasteiger partial charge in [0.05, 0.1) is 17.7 Å². The molecule has 1 aromatic carbocycles. The molecule has 0 saturated heterocycles. The van der Waals surface area contributed by atoms with Crippen molar-refractivity contribution in [3.8, 4) is 0 Å². The molecule has 2 aromatic rings. The summed E-state index contributed by atoms with van der Waals surface area (Å²) in [5.41, 5.74) is 1.83. The van der Waals surface area contributed by atoms with E-state index >= 15 is 0 Å². The second-order valence-corrected chi connectivity index (χ2v) is 5.82. The number of nitrogens with zero attached hydrogens (tertiary/aromatic N) is 1. The normalized spacial score (nSPS) is 10.2. The van der Waals surface area contributed by atoms with E-state index in [-0.39, 0.29) is 11.9 Å². The highest BCUT2D eigenvalue weighted by Crippen LogP contribution is 2.16. The summed E-state index contributed by atoms with van der Waals surface area (Å²) >= 11 is 0. The van der Waals surface area contributed by atoms with E-state index in [1.165, 1.54) is 0 Å². The average molecular weight is 355 g/mol. The Morgan fingerprint density at radius 3 is 2.35 bits per heavy atom. The Morgan fingerprint density at radius 1 is 1.00 bits per heavy atom. The van der Waals surface area contributed by atoms with Crippen LogP contribution in [0.4, 0.5) is 11.5 Å². The first kappa shape index (κ1) is 19.4. The van der Waals surface area contributed by atoms with Crippen LogP contribution in [0.5, 0.6) is 0 Å². The fourth-order valence-electron chi connectivity index (χ4n) is 2.33. The summed E-state index contributed by atoms with van der Waals surface area (Å²) in [5.74, 6) is 0.168. The Bertz CT molecular complexity index is 712. The molecule has 0 unspecified atom stereocenters. The molecule has 26 heavy (non-hydrogen) atoms. The van der Waals surface area contributed by atoms with Crippen LogP contribution < -0.4 is 10.6 Å². The minimum Gasteiger partial charge on any atom is -0.462 e. The molecule has 138 valence electrons. The number of nitrogens with one attached hydrogen (secondary N) is 2. The molecule has 6 nitrogen and oxygen atoms in total. The molecule has 2 rings (SSSR count). The fraction of sp³-hybridized carbons (Fsp3) is 0.350. The number of esters is 1. The Morgan fingerprint density at radius 2 is 1.73 bits per heavy atom. The lowest BCUT2D eigenvalue weighted by Crippen LogP contribution is -2.24. The molecule has 0 spiro atoms. The van der Waals surface area contributed by atoms with E-state index in [2.05, 4.69) is 22.5 Å². The molecule has 0 atom stereocenters. The summed E-state index contributed by atoms with van der Waals surface area (Å²) in [7, 11) is 0. The third-order valence-corrected chi connectivity index (χ3v) is 3.76. The minimum absolute atomic E-state index is 0.112. The van der Waals surface area contributed by atoms with Gasteiger partial charge in [-0.3, -0.25) is 4.79 Å². The summed E-state index contributed by atoms with van der Waals surface area (Å²) in [6.07, 6.45) is 4.76. The van der Waals surface area contributed by atoms with Crippen LogP contribution in [0.2, 0.25) is 0 Å². The lowest BCUT2D eigenvalue weighted by atomic mass is 10.2. The lowest BCUT2D eigenvalue weighted by Gasteiger charge is -2.08. The van der Waals surface area contributed by atoms with Crippen LogP contribution in [-0.4, -0.2) is 30.0 Å². The van der Waals surface area contributed by atoms with Crippen molar-refractivity contribution in [3.63, 3.8) is 0 Å². The van der Waals surface area contributed by atoms with Gasteiger partial charge < -0.3 is 15.4 Å². The largest absolute Gasteiger partial charge is 0.462 e. The van der Waals surface area contributed by atoms with Gasteiger partial charge >= 0.3 is 5.97 Å².